The number of nitrogens with one attached hydrogen (secondary N) is 1. The average Bonchev–Trinajstić information content (AvgIpc) is 3.55. The van der Waals surface area contributed by atoms with Crippen molar-refractivity contribution in [3.05, 3.63) is 80.2 Å². The lowest BCUT2D eigenvalue weighted by molar-refractivity contribution is -0.137. The van der Waals surface area contributed by atoms with Crippen molar-refractivity contribution < 1.29 is 14.6 Å². The highest BCUT2D eigenvalue weighted by Gasteiger charge is 2.30. The Morgan fingerprint density at radius 2 is 2.12 bits per heavy atom. The van der Waals surface area contributed by atoms with E-state index in [0.717, 1.165) is 44.5 Å². The van der Waals surface area contributed by atoms with E-state index in [2.05, 4.69) is 62.6 Å². The molecule has 0 bridgehead atoms. The van der Waals surface area contributed by atoms with Gasteiger partial charge in [0.25, 0.3) is 0 Å². The van der Waals surface area contributed by atoms with Crippen molar-refractivity contribution >= 4 is 38.6 Å². The smallest absolute Gasteiger partial charge is 0.304 e. The van der Waals surface area contributed by atoms with Gasteiger partial charge in [0.15, 0.2) is 5.65 Å². The van der Waals surface area contributed by atoms with Crippen molar-refractivity contribution in [1.29, 1.82) is 0 Å². The van der Waals surface area contributed by atoms with Gasteiger partial charge < -0.3 is 14.8 Å². The lowest BCUT2D eigenvalue weighted by atomic mass is 9.85. The summed E-state index contributed by atoms with van der Waals surface area (Å²) in [6.45, 7) is 7.45. The quantitative estimate of drug-likeness (QED) is 0.282. The molecule has 0 saturated carbocycles. The molecule has 5 heterocycles. The van der Waals surface area contributed by atoms with Crippen LogP contribution in [0.25, 0.3) is 21.3 Å². The molecule has 6 rings (SSSR count). The zero-order valence-corrected chi connectivity index (χ0v) is 24.2. The van der Waals surface area contributed by atoms with Crippen molar-refractivity contribution in [3.8, 4) is 5.75 Å². The minimum absolute atomic E-state index is 0.0289. The van der Waals surface area contributed by atoms with E-state index in [4.69, 9.17) is 4.74 Å². The van der Waals surface area contributed by atoms with Crippen LogP contribution in [0.5, 0.6) is 5.75 Å². The van der Waals surface area contributed by atoms with Gasteiger partial charge in [-0.3, -0.25) is 14.5 Å². The molecule has 1 aliphatic heterocycles. The molecule has 11 heteroatoms. The molecule has 0 fully saturated rings. The Balaban J connectivity index is 1.44. The van der Waals surface area contributed by atoms with Crippen LogP contribution in [0.1, 0.15) is 66.6 Å². The number of ether oxygens (including phenoxy) is 1. The third-order valence-electron chi connectivity index (χ3n) is 8.15. The molecule has 1 aromatic carbocycles. The predicted octanol–water partition coefficient (Wildman–Crippen LogP) is 4.92. The van der Waals surface area contributed by atoms with E-state index < -0.39 is 11.9 Å². The monoisotopic (exact) mass is 572 g/mol. The molecule has 10 nitrogen and oxygen atoms in total. The van der Waals surface area contributed by atoms with Gasteiger partial charge in [-0.05, 0) is 71.5 Å². The first-order valence-corrected chi connectivity index (χ1v) is 14.6. The van der Waals surface area contributed by atoms with E-state index in [0.29, 0.717) is 30.0 Å². The van der Waals surface area contributed by atoms with E-state index in [1.54, 1.807) is 35.3 Å². The lowest BCUT2D eigenvalue weighted by Gasteiger charge is -2.29. The van der Waals surface area contributed by atoms with Crippen LogP contribution in [-0.4, -0.2) is 53.6 Å². The minimum atomic E-state index is -0.884. The summed E-state index contributed by atoms with van der Waals surface area (Å²) in [5, 5.41) is 21.5. The fourth-order valence-corrected chi connectivity index (χ4v) is 6.77. The van der Waals surface area contributed by atoms with Crippen LogP contribution in [-0.2, 0) is 18.4 Å². The van der Waals surface area contributed by atoms with E-state index in [-0.39, 0.29) is 24.1 Å². The zero-order valence-electron chi connectivity index (χ0n) is 23.4. The van der Waals surface area contributed by atoms with E-state index in [1.807, 2.05) is 6.92 Å². The summed E-state index contributed by atoms with van der Waals surface area (Å²) in [6, 6.07) is 9.49. The molecule has 3 atom stereocenters. The summed E-state index contributed by atoms with van der Waals surface area (Å²) in [7, 11) is 1.79. The predicted molar refractivity (Wildman–Crippen MR) is 158 cm³/mol. The van der Waals surface area contributed by atoms with Gasteiger partial charge in [0.2, 0.25) is 5.56 Å². The van der Waals surface area contributed by atoms with Crippen LogP contribution < -0.4 is 10.3 Å². The maximum absolute atomic E-state index is 12.2. The number of rotatable bonds is 7. The Morgan fingerprint density at radius 1 is 1.29 bits per heavy atom. The second-order valence-electron chi connectivity index (χ2n) is 10.7. The SMILES string of the molecule is CC[C@@H]1CN(Cc2cc([C@@H](CC(=O)O)c3cnc4c(nnn4C)c3C)cc3ccsc23)[C@@H](C)c2[nH]c(=O)ccc2O1. The van der Waals surface area contributed by atoms with Gasteiger partial charge in [-0.25, -0.2) is 9.67 Å². The van der Waals surface area contributed by atoms with Gasteiger partial charge in [0.05, 0.1) is 18.2 Å². The Kier molecular flexibility index (Phi) is 7.08. The number of carbonyl (C=O) groups is 1. The maximum Gasteiger partial charge on any atom is 0.304 e. The summed E-state index contributed by atoms with van der Waals surface area (Å²) in [5.74, 6) is -0.588. The molecule has 212 valence electrons. The first kappa shape index (κ1) is 27.1. The van der Waals surface area contributed by atoms with Crippen molar-refractivity contribution in [3.63, 3.8) is 0 Å². The number of carboxylic acid groups (broad SMARTS) is 1. The third kappa shape index (κ3) is 5.00. The highest BCUT2D eigenvalue weighted by Crippen LogP contribution is 2.38. The highest BCUT2D eigenvalue weighted by atomic mass is 32.1. The molecule has 0 radical (unpaired) electrons. The molecular formula is C30H32N6O4S. The molecule has 2 N–H and O–H groups in total. The molecule has 41 heavy (non-hydrogen) atoms. The molecule has 0 aliphatic carbocycles. The Morgan fingerprint density at radius 3 is 2.90 bits per heavy atom. The number of thiophene rings is 1. The number of carboxylic acids is 1. The van der Waals surface area contributed by atoms with Crippen molar-refractivity contribution in [1.82, 2.24) is 29.9 Å². The van der Waals surface area contributed by atoms with Gasteiger partial charge >= 0.3 is 5.97 Å². The molecule has 1 aliphatic rings. The summed E-state index contributed by atoms with van der Waals surface area (Å²) >= 11 is 1.68. The summed E-state index contributed by atoms with van der Waals surface area (Å²) in [4.78, 5) is 34.3. The number of benzene rings is 1. The fraction of sp³-hybridized carbons (Fsp3) is 0.367. The molecular weight excluding hydrogens is 540 g/mol. The maximum atomic E-state index is 12.2. The third-order valence-corrected chi connectivity index (χ3v) is 9.16. The van der Waals surface area contributed by atoms with Crippen LogP contribution in [0.2, 0.25) is 0 Å². The van der Waals surface area contributed by atoms with Crippen LogP contribution in [0.15, 0.2) is 46.7 Å². The Bertz CT molecular complexity index is 1830. The molecule has 0 amide bonds. The number of hydrogen-bond acceptors (Lipinski definition) is 8. The van der Waals surface area contributed by atoms with E-state index >= 15 is 0 Å². The normalized spacial score (nSPS) is 18.2. The number of pyridine rings is 2. The molecule has 5 aromatic rings. The highest BCUT2D eigenvalue weighted by molar-refractivity contribution is 7.17. The minimum Gasteiger partial charge on any atom is -0.487 e. The van der Waals surface area contributed by atoms with Gasteiger partial charge in [0, 0.05) is 43.0 Å². The Labute approximate surface area is 240 Å². The van der Waals surface area contributed by atoms with Crippen LogP contribution in [0, 0.1) is 6.92 Å². The van der Waals surface area contributed by atoms with Crippen LogP contribution >= 0.6 is 11.3 Å². The van der Waals surface area contributed by atoms with E-state index in [9.17, 15) is 14.7 Å². The number of aromatic nitrogens is 5. The number of H-pyrrole nitrogens is 1. The number of aliphatic carboxylic acids is 1. The van der Waals surface area contributed by atoms with Gasteiger partial charge in [-0.1, -0.05) is 18.2 Å². The largest absolute Gasteiger partial charge is 0.487 e. The molecule has 0 unspecified atom stereocenters. The van der Waals surface area contributed by atoms with Crippen molar-refractivity contribution in [2.45, 2.75) is 58.2 Å². The van der Waals surface area contributed by atoms with Crippen molar-refractivity contribution in [2.24, 2.45) is 7.05 Å². The van der Waals surface area contributed by atoms with Gasteiger partial charge in [-0.2, -0.15) is 0 Å². The molecule has 0 saturated heterocycles. The number of nitrogens with zero attached hydrogens (tertiary/aromatic N) is 5. The van der Waals surface area contributed by atoms with Gasteiger partial charge in [-0.15, -0.1) is 16.4 Å². The zero-order chi connectivity index (χ0) is 28.8. The second-order valence-corrected chi connectivity index (χ2v) is 11.7. The topological polar surface area (TPSA) is 126 Å². The summed E-state index contributed by atoms with van der Waals surface area (Å²) < 4.78 is 9.07. The standard InChI is InChI=1S/C30H32N6O4S/c1-5-21-15-36(17(3)28-24(40-21)6-7-25(37)32-28)14-20-11-19(10-18-8-9-41-29(18)20)22(12-26(38)39)23-13-31-30-27(16(23)2)33-34-35(30)4/h6-11,13,17,21-22H,5,12,14-15H2,1-4H3,(H,32,37)(H,38,39)/t17-,21+,22+/m0/s1. The number of hydrogen-bond donors (Lipinski definition) is 2. The first-order chi connectivity index (χ1) is 19.7. The molecule has 4 aromatic heterocycles. The number of fused-ring (bicyclic) bond motifs is 3. The van der Waals surface area contributed by atoms with Crippen LogP contribution in [0.3, 0.4) is 0 Å². The number of aryl methyl sites for hydroxylation is 2. The van der Waals surface area contributed by atoms with Crippen molar-refractivity contribution in [2.75, 3.05) is 6.54 Å². The van der Waals surface area contributed by atoms with Crippen LogP contribution in [0.4, 0.5) is 0 Å². The lowest BCUT2D eigenvalue weighted by Crippen LogP contribution is -2.34. The van der Waals surface area contributed by atoms with Gasteiger partial charge in [0.1, 0.15) is 17.4 Å². The molecule has 0 spiro atoms. The second kappa shape index (κ2) is 10.7. The fourth-order valence-electron chi connectivity index (χ4n) is 5.88. The first-order valence-electron chi connectivity index (χ1n) is 13.7. The number of aromatic amines is 1. The summed E-state index contributed by atoms with van der Waals surface area (Å²) in [6.07, 6.45) is 2.48. The summed E-state index contributed by atoms with van der Waals surface area (Å²) in [5.41, 5.74) is 5.69. The Hall–Kier alpha value is -4.09. The van der Waals surface area contributed by atoms with E-state index in [1.165, 1.54) is 6.07 Å². The average molecular weight is 573 g/mol.